The lowest BCUT2D eigenvalue weighted by molar-refractivity contribution is -0.170. The van der Waals surface area contributed by atoms with Gasteiger partial charge in [-0.2, -0.15) is 0 Å². The molecular weight excluding hydrogens is 546 g/mol. The van der Waals surface area contributed by atoms with Crippen LogP contribution in [0.15, 0.2) is 42.7 Å². The minimum absolute atomic E-state index is 0.0847. The Bertz CT molecular complexity index is 1190. The van der Waals surface area contributed by atoms with E-state index in [1.165, 1.54) is 5.56 Å². The first-order valence-corrected chi connectivity index (χ1v) is 13.5. The van der Waals surface area contributed by atoms with E-state index in [1.807, 2.05) is 24.5 Å². The van der Waals surface area contributed by atoms with Crippen molar-refractivity contribution in [2.24, 2.45) is 0 Å². The summed E-state index contributed by atoms with van der Waals surface area (Å²) in [4.78, 5) is 37.2. The number of rotatable bonds is 12. The van der Waals surface area contributed by atoms with Gasteiger partial charge in [-0.25, -0.2) is 4.79 Å². The van der Waals surface area contributed by atoms with Crippen LogP contribution >= 0.6 is 0 Å². The van der Waals surface area contributed by atoms with Crippen molar-refractivity contribution in [1.82, 2.24) is 15.2 Å². The van der Waals surface area contributed by atoms with Crippen molar-refractivity contribution in [2.75, 3.05) is 14.2 Å². The van der Waals surface area contributed by atoms with Crippen molar-refractivity contribution in [2.45, 2.75) is 89.2 Å². The highest BCUT2D eigenvalue weighted by atomic mass is 16.5. The predicted octanol–water partition coefficient (Wildman–Crippen LogP) is 3.16. The van der Waals surface area contributed by atoms with Crippen molar-refractivity contribution in [3.8, 4) is 11.5 Å². The summed E-state index contributed by atoms with van der Waals surface area (Å²) in [5.74, 6) is -3.26. The van der Waals surface area contributed by atoms with Crippen LogP contribution in [0.3, 0.4) is 0 Å². The smallest absolute Gasteiger partial charge is 0.336 e. The molecule has 12 heteroatoms. The highest BCUT2D eigenvalue weighted by Crippen LogP contribution is 2.34. The van der Waals surface area contributed by atoms with Gasteiger partial charge >= 0.3 is 17.9 Å². The fourth-order valence-corrected chi connectivity index (χ4v) is 5.50. The average Bonchev–Trinajstić information content (AvgIpc) is 2.86. The number of carbonyl (C=O) groups is 3. The molecule has 12 nitrogen and oxygen atoms in total. The Morgan fingerprint density at radius 3 is 1.93 bits per heavy atom. The molecule has 0 bridgehead atoms. The van der Waals surface area contributed by atoms with Gasteiger partial charge in [0, 0.05) is 48.2 Å². The summed E-state index contributed by atoms with van der Waals surface area (Å²) in [7, 11) is 3.44. The fourth-order valence-electron chi connectivity index (χ4n) is 5.50. The number of ether oxygens (including phenoxy) is 2. The standard InChI is InChI=1S/C24H35N3O2.C6H8O7/c1-23(2)14-20(15-24(3,4)26-23)27(16-18-9-11-25-12-10-18)17-19-13-21(28-5)7-8-22(19)29-6;7-3(8)1-6(13,5(11)12)2-4(9)10/h7-13,20,26H,14-17H2,1-6H3;13H,1-2H2,(H,7,8)(H,9,10)(H,11,12). The van der Waals surface area contributed by atoms with Crippen LogP contribution in [0.5, 0.6) is 11.5 Å². The molecule has 0 aliphatic carbocycles. The number of aromatic nitrogens is 1. The minimum Gasteiger partial charge on any atom is -0.497 e. The lowest BCUT2D eigenvalue weighted by Gasteiger charge is -2.50. The largest absolute Gasteiger partial charge is 0.497 e. The van der Waals surface area contributed by atoms with Gasteiger partial charge in [-0.15, -0.1) is 0 Å². The number of hydrogen-bond donors (Lipinski definition) is 5. The topological polar surface area (TPSA) is 179 Å². The Balaban J connectivity index is 0.000000401. The summed E-state index contributed by atoms with van der Waals surface area (Å²) in [6.07, 6.45) is 3.64. The van der Waals surface area contributed by atoms with E-state index in [2.05, 4.69) is 61.1 Å². The Hall–Kier alpha value is -3.74. The van der Waals surface area contributed by atoms with Gasteiger partial charge in [0.05, 0.1) is 27.1 Å². The summed E-state index contributed by atoms with van der Waals surface area (Å²) >= 11 is 0. The second-order valence-corrected chi connectivity index (χ2v) is 11.9. The summed E-state index contributed by atoms with van der Waals surface area (Å²) in [6.45, 7) is 10.9. The molecule has 1 saturated heterocycles. The summed E-state index contributed by atoms with van der Waals surface area (Å²) in [5, 5.41) is 37.6. The fraction of sp³-hybridized carbons (Fsp3) is 0.533. The molecule has 42 heavy (non-hydrogen) atoms. The van der Waals surface area contributed by atoms with E-state index in [9.17, 15) is 14.4 Å². The zero-order chi connectivity index (χ0) is 31.7. The molecule has 232 valence electrons. The third-order valence-electron chi connectivity index (χ3n) is 6.97. The molecule has 2 heterocycles. The molecule has 1 fully saturated rings. The molecule has 0 radical (unpaired) electrons. The van der Waals surface area contributed by atoms with E-state index < -0.39 is 36.4 Å². The van der Waals surface area contributed by atoms with Crippen LogP contribution in [-0.4, -0.2) is 85.2 Å². The van der Waals surface area contributed by atoms with Crippen LogP contribution in [0.2, 0.25) is 0 Å². The number of aliphatic hydroxyl groups is 1. The van der Waals surface area contributed by atoms with E-state index in [0.29, 0.717) is 6.04 Å². The highest BCUT2D eigenvalue weighted by Gasteiger charge is 2.41. The number of carboxylic acids is 3. The second-order valence-electron chi connectivity index (χ2n) is 11.9. The van der Waals surface area contributed by atoms with E-state index in [4.69, 9.17) is 29.9 Å². The van der Waals surface area contributed by atoms with Crippen LogP contribution in [0.4, 0.5) is 0 Å². The summed E-state index contributed by atoms with van der Waals surface area (Å²) < 4.78 is 11.1. The molecule has 0 amide bonds. The maximum absolute atomic E-state index is 10.3. The maximum atomic E-state index is 10.3. The van der Waals surface area contributed by atoms with Gasteiger partial charge in [-0.1, -0.05) is 0 Å². The average molecular weight is 590 g/mol. The third kappa shape index (κ3) is 10.6. The van der Waals surface area contributed by atoms with Gasteiger partial charge in [0.1, 0.15) is 11.5 Å². The van der Waals surface area contributed by atoms with Gasteiger partial charge in [0.15, 0.2) is 5.60 Å². The van der Waals surface area contributed by atoms with Crippen molar-refractivity contribution < 1.29 is 44.3 Å². The van der Waals surface area contributed by atoms with E-state index in [0.717, 1.165) is 43.0 Å². The van der Waals surface area contributed by atoms with E-state index in [-0.39, 0.29) is 11.1 Å². The summed E-state index contributed by atoms with van der Waals surface area (Å²) in [6, 6.07) is 10.7. The molecule has 1 aromatic carbocycles. The normalized spacial score (nSPS) is 16.2. The van der Waals surface area contributed by atoms with Crippen LogP contribution in [0, 0.1) is 0 Å². The van der Waals surface area contributed by atoms with E-state index in [1.54, 1.807) is 14.2 Å². The molecule has 0 atom stereocenters. The van der Waals surface area contributed by atoms with Crippen LogP contribution in [-0.2, 0) is 27.5 Å². The van der Waals surface area contributed by atoms with Crippen LogP contribution in [0.1, 0.15) is 64.5 Å². The zero-order valence-corrected chi connectivity index (χ0v) is 25.1. The number of nitrogens with one attached hydrogen (secondary N) is 1. The number of benzene rings is 1. The van der Waals surface area contributed by atoms with Gasteiger partial charge in [0.2, 0.25) is 0 Å². The van der Waals surface area contributed by atoms with Gasteiger partial charge in [-0.3, -0.25) is 19.5 Å². The molecule has 2 aromatic rings. The first-order valence-electron chi connectivity index (χ1n) is 13.5. The molecule has 5 N–H and O–H groups in total. The molecule has 0 unspecified atom stereocenters. The lowest BCUT2D eigenvalue weighted by atomic mass is 9.78. The molecule has 1 aromatic heterocycles. The zero-order valence-electron chi connectivity index (χ0n) is 25.1. The van der Waals surface area contributed by atoms with Crippen LogP contribution in [0.25, 0.3) is 0 Å². The minimum atomic E-state index is -2.74. The molecule has 0 saturated carbocycles. The maximum Gasteiger partial charge on any atom is 0.336 e. The number of methoxy groups -OCH3 is 2. The number of nitrogens with zero attached hydrogens (tertiary/aromatic N) is 2. The first-order chi connectivity index (χ1) is 19.5. The molecule has 1 aliphatic rings. The van der Waals surface area contributed by atoms with Gasteiger partial charge in [-0.05, 0) is 76.4 Å². The molecule has 0 spiro atoms. The van der Waals surface area contributed by atoms with Gasteiger partial charge in [0.25, 0.3) is 0 Å². The van der Waals surface area contributed by atoms with E-state index >= 15 is 0 Å². The van der Waals surface area contributed by atoms with Crippen molar-refractivity contribution >= 4 is 17.9 Å². The summed E-state index contributed by atoms with van der Waals surface area (Å²) in [5.41, 5.74) is -0.147. The van der Waals surface area contributed by atoms with Crippen molar-refractivity contribution in [3.63, 3.8) is 0 Å². The van der Waals surface area contributed by atoms with Crippen LogP contribution < -0.4 is 14.8 Å². The molecule has 1 aliphatic heterocycles. The predicted molar refractivity (Wildman–Crippen MR) is 154 cm³/mol. The Morgan fingerprint density at radius 1 is 0.929 bits per heavy atom. The molecular formula is C30H43N3O9. The Kier molecular flexibility index (Phi) is 11.8. The first kappa shape index (κ1) is 34.5. The van der Waals surface area contributed by atoms with Crippen molar-refractivity contribution in [3.05, 3.63) is 53.9 Å². The molecule has 3 rings (SSSR count). The lowest BCUT2D eigenvalue weighted by Crippen LogP contribution is -2.62. The van der Waals surface area contributed by atoms with Crippen molar-refractivity contribution in [1.29, 1.82) is 0 Å². The quantitative estimate of drug-likeness (QED) is 0.245. The highest BCUT2D eigenvalue weighted by molar-refractivity contribution is 5.88. The number of hydrogen-bond acceptors (Lipinski definition) is 9. The SMILES string of the molecule is COc1ccc(OC)c(CN(Cc2ccncc2)C2CC(C)(C)NC(C)(C)C2)c1.O=C(O)CC(O)(CC(=O)O)C(=O)O. The second kappa shape index (κ2) is 14.4. The number of pyridine rings is 1. The third-order valence-corrected chi connectivity index (χ3v) is 6.97. The Morgan fingerprint density at radius 2 is 1.48 bits per heavy atom. The monoisotopic (exact) mass is 589 g/mol. The number of carboxylic acid groups (broad SMARTS) is 3. The van der Waals surface area contributed by atoms with Gasteiger partial charge < -0.3 is 35.2 Å². The number of piperidine rings is 1. The Labute approximate surface area is 246 Å². The number of aliphatic carboxylic acids is 3.